The molecule has 0 fully saturated rings. The molecule has 0 radical (unpaired) electrons. The standard InChI is InChI=1S/C8H9F3N2O3S/c1-16-5-2-3-6(12)7(4-5)13-17(14,15)8(9,10)11/h2-4,13H,12H2,1H3. The molecule has 0 heterocycles. The molecule has 0 atom stereocenters. The van der Waals surface area contributed by atoms with Crippen molar-refractivity contribution in [3.05, 3.63) is 18.2 Å². The first-order valence-electron chi connectivity index (χ1n) is 4.20. The van der Waals surface area contributed by atoms with Gasteiger partial charge in [-0.1, -0.05) is 0 Å². The third-order valence-electron chi connectivity index (χ3n) is 1.81. The first kappa shape index (κ1) is 13.4. The maximum Gasteiger partial charge on any atom is 0.516 e. The van der Waals surface area contributed by atoms with Gasteiger partial charge in [0.1, 0.15) is 5.75 Å². The van der Waals surface area contributed by atoms with Crippen LogP contribution in [0.2, 0.25) is 0 Å². The van der Waals surface area contributed by atoms with Crippen LogP contribution >= 0.6 is 0 Å². The van der Waals surface area contributed by atoms with Crippen LogP contribution in [0, 0.1) is 0 Å². The summed E-state index contributed by atoms with van der Waals surface area (Å²) in [5.74, 6) is 0.180. The van der Waals surface area contributed by atoms with Crippen molar-refractivity contribution in [3.8, 4) is 5.75 Å². The van der Waals surface area contributed by atoms with E-state index in [0.29, 0.717) is 0 Å². The Morgan fingerprint density at radius 1 is 1.35 bits per heavy atom. The van der Waals surface area contributed by atoms with Gasteiger partial charge in [0.2, 0.25) is 0 Å². The summed E-state index contributed by atoms with van der Waals surface area (Å²) in [6, 6.07) is 3.67. The van der Waals surface area contributed by atoms with Gasteiger partial charge < -0.3 is 10.5 Å². The first-order chi connectivity index (χ1) is 7.67. The summed E-state index contributed by atoms with van der Waals surface area (Å²) in [7, 11) is -4.20. The van der Waals surface area contributed by atoms with Gasteiger partial charge in [-0.05, 0) is 12.1 Å². The Balaban J connectivity index is 3.12. The van der Waals surface area contributed by atoms with Crippen LogP contribution in [-0.2, 0) is 10.0 Å². The molecular weight excluding hydrogens is 261 g/mol. The van der Waals surface area contributed by atoms with E-state index in [1.54, 1.807) is 0 Å². The smallest absolute Gasteiger partial charge is 0.497 e. The molecule has 0 aliphatic carbocycles. The predicted octanol–water partition coefficient (Wildman–Crippen LogP) is 1.54. The number of ether oxygens (including phenoxy) is 1. The van der Waals surface area contributed by atoms with Gasteiger partial charge >= 0.3 is 15.5 Å². The van der Waals surface area contributed by atoms with E-state index in [-0.39, 0.29) is 17.1 Å². The number of alkyl halides is 3. The quantitative estimate of drug-likeness (QED) is 0.816. The minimum atomic E-state index is -5.48. The highest BCUT2D eigenvalue weighted by molar-refractivity contribution is 7.93. The molecule has 0 aliphatic rings. The molecule has 3 N–H and O–H groups in total. The lowest BCUT2D eigenvalue weighted by Gasteiger charge is -2.13. The van der Waals surface area contributed by atoms with E-state index in [2.05, 4.69) is 0 Å². The topological polar surface area (TPSA) is 81.4 Å². The van der Waals surface area contributed by atoms with Gasteiger partial charge in [-0.2, -0.15) is 21.6 Å². The van der Waals surface area contributed by atoms with Crippen LogP contribution < -0.4 is 15.2 Å². The molecule has 0 saturated carbocycles. The molecule has 9 heteroatoms. The summed E-state index contributed by atoms with van der Waals surface area (Å²) in [6.07, 6.45) is 0. The molecule has 1 aromatic carbocycles. The molecule has 0 spiro atoms. The number of sulfonamides is 1. The Hall–Kier alpha value is -1.64. The molecule has 0 saturated heterocycles. The van der Waals surface area contributed by atoms with E-state index in [1.807, 2.05) is 0 Å². The van der Waals surface area contributed by atoms with E-state index >= 15 is 0 Å². The molecule has 0 aliphatic heterocycles. The summed E-state index contributed by atoms with van der Waals surface area (Å²) in [4.78, 5) is 0. The number of halogens is 3. The summed E-state index contributed by atoms with van der Waals surface area (Å²) < 4.78 is 64.1. The lowest BCUT2D eigenvalue weighted by atomic mass is 10.2. The fourth-order valence-corrected chi connectivity index (χ4v) is 1.54. The van der Waals surface area contributed by atoms with Crippen LogP contribution in [0.4, 0.5) is 24.5 Å². The number of nitrogens with two attached hydrogens (primary N) is 1. The van der Waals surface area contributed by atoms with Gasteiger partial charge in [-0.3, -0.25) is 4.72 Å². The van der Waals surface area contributed by atoms with Gasteiger partial charge in [0, 0.05) is 6.07 Å². The predicted molar refractivity (Wildman–Crippen MR) is 56.0 cm³/mol. The Labute approximate surface area is 95.4 Å². The Morgan fingerprint density at radius 3 is 2.41 bits per heavy atom. The summed E-state index contributed by atoms with van der Waals surface area (Å²) in [5.41, 5.74) is -0.583. The van der Waals surface area contributed by atoms with Gasteiger partial charge in [0.25, 0.3) is 0 Å². The highest BCUT2D eigenvalue weighted by atomic mass is 32.2. The fourth-order valence-electron chi connectivity index (χ4n) is 0.953. The molecule has 0 unspecified atom stereocenters. The van der Waals surface area contributed by atoms with Crippen molar-refractivity contribution in [1.82, 2.24) is 0 Å². The van der Waals surface area contributed by atoms with Gasteiger partial charge in [0.15, 0.2) is 0 Å². The van der Waals surface area contributed by atoms with Crippen molar-refractivity contribution >= 4 is 21.4 Å². The molecule has 17 heavy (non-hydrogen) atoms. The van der Waals surface area contributed by atoms with E-state index < -0.39 is 15.5 Å². The third kappa shape index (κ3) is 2.93. The van der Waals surface area contributed by atoms with Crippen molar-refractivity contribution < 1.29 is 26.3 Å². The van der Waals surface area contributed by atoms with Crippen molar-refractivity contribution in [3.63, 3.8) is 0 Å². The summed E-state index contributed by atoms with van der Waals surface area (Å²) >= 11 is 0. The summed E-state index contributed by atoms with van der Waals surface area (Å²) in [5, 5.41) is 0. The van der Waals surface area contributed by atoms with Gasteiger partial charge in [-0.15, -0.1) is 0 Å². The van der Waals surface area contributed by atoms with E-state index in [9.17, 15) is 21.6 Å². The zero-order chi connectivity index (χ0) is 13.3. The monoisotopic (exact) mass is 270 g/mol. The van der Waals surface area contributed by atoms with Crippen LogP contribution in [0.1, 0.15) is 0 Å². The Bertz CT molecular complexity index is 513. The first-order valence-corrected chi connectivity index (χ1v) is 5.68. The maximum absolute atomic E-state index is 12.1. The van der Waals surface area contributed by atoms with Crippen LogP contribution in [0.15, 0.2) is 18.2 Å². The van der Waals surface area contributed by atoms with E-state index in [4.69, 9.17) is 10.5 Å². The van der Waals surface area contributed by atoms with E-state index in [1.165, 1.54) is 24.0 Å². The Kier molecular flexibility index (Phi) is 3.41. The number of methoxy groups -OCH3 is 1. The Morgan fingerprint density at radius 2 is 1.94 bits per heavy atom. The minimum Gasteiger partial charge on any atom is -0.497 e. The molecule has 5 nitrogen and oxygen atoms in total. The molecule has 0 amide bonds. The SMILES string of the molecule is COc1ccc(N)c(NS(=O)(=O)C(F)(F)F)c1. The van der Waals surface area contributed by atoms with Crippen molar-refractivity contribution in [2.24, 2.45) is 0 Å². The maximum atomic E-state index is 12.1. The lowest BCUT2D eigenvalue weighted by molar-refractivity contribution is -0.0429. The second-order valence-electron chi connectivity index (χ2n) is 3.00. The zero-order valence-corrected chi connectivity index (χ0v) is 9.39. The number of nitrogens with one attached hydrogen (secondary N) is 1. The largest absolute Gasteiger partial charge is 0.516 e. The fraction of sp³-hybridized carbons (Fsp3) is 0.250. The second-order valence-corrected chi connectivity index (χ2v) is 4.68. The van der Waals surface area contributed by atoms with Crippen LogP contribution in [-0.4, -0.2) is 21.0 Å². The number of rotatable bonds is 3. The number of benzene rings is 1. The van der Waals surface area contributed by atoms with Crippen LogP contribution in [0.5, 0.6) is 5.75 Å². The normalized spacial score (nSPS) is 12.2. The number of nitrogen functional groups attached to an aromatic ring is 1. The average molecular weight is 270 g/mol. The minimum absolute atomic E-state index is 0.140. The highest BCUT2D eigenvalue weighted by Gasteiger charge is 2.46. The van der Waals surface area contributed by atoms with E-state index in [0.717, 1.165) is 6.07 Å². The number of anilines is 2. The highest BCUT2D eigenvalue weighted by Crippen LogP contribution is 2.30. The zero-order valence-electron chi connectivity index (χ0n) is 8.58. The number of hydrogen-bond acceptors (Lipinski definition) is 4. The lowest BCUT2D eigenvalue weighted by Crippen LogP contribution is -2.30. The number of hydrogen-bond donors (Lipinski definition) is 2. The van der Waals surface area contributed by atoms with Gasteiger partial charge in [-0.25, -0.2) is 0 Å². The summed E-state index contributed by atoms with van der Waals surface area (Å²) in [6.45, 7) is 0. The van der Waals surface area contributed by atoms with Gasteiger partial charge in [0.05, 0.1) is 18.5 Å². The van der Waals surface area contributed by atoms with Crippen LogP contribution in [0.3, 0.4) is 0 Å². The van der Waals surface area contributed by atoms with Crippen molar-refractivity contribution in [1.29, 1.82) is 0 Å². The third-order valence-corrected chi connectivity index (χ3v) is 2.91. The second kappa shape index (κ2) is 4.32. The average Bonchev–Trinajstić information content (AvgIpc) is 2.19. The van der Waals surface area contributed by atoms with Crippen molar-refractivity contribution in [2.75, 3.05) is 17.6 Å². The molecule has 0 aromatic heterocycles. The molecule has 0 bridgehead atoms. The van der Waals surface area contributed by atoms with Crippen molar-refractivity contribution in [2.45, 2.75) is 5.51 Å². The van der Waals surface area contributed by atoms with Crippen LogP contribution in [0.25, 0.3) is 0 Å². The molecule has 1 aromatic rings. The molecule has 1 rings (SSSR count). The molecule has 96 valence electrons. The molecular formula is C8H9F3N2O3S.